The molecule has 2 rings (SSSR count). The minimum atomic E-state index is -1.02. The number of hydrogen-bond acceptors (Lipinski definition) is 6. The molecule has 0 spiro atoms. The van der Waals surface area contributed by atoms with Crippen molar-refractivity contribution in [2.24, 2.45) is 7.05 Å². The van der Waals surface area contributed by atoms with E-state index in [-0.39, 0.29) is 5.69 Å². The second kappa shape index (κ2) is 7.15. The third kappa shape index (κ3) is 3.26. The fourth-order valence-corrected chi connectivity index (χ4v) is 2.95. The molecule has 2 aromatic rings. The second-order valence-electron chi connectivity index (χ2n) is 6.20. The van der Waals surface area contributed by atoms with E-state index in [1.165, 1.54) is 14.0 Å². The summed E-state index contributed by atoms with van der Waals surface area (Å²) in [6.45, 7) is 8.28. The zero-order valence-electron chi connectivity index (χ0n) is 16.0. The Morgan fingerprint density at radius 2 is 1.69 bits per heavy atom. The van der Waals surface area contributed by atoms with E-state index in [1.54, 1.807) is 39.4 Å². The number of aromatic amines is 1. The van der Waals surface area contributed by atoms with Crippen LogP contribution in [-0.2, 0) is 16.5 Å². The smallest absolute Gasteiger partial charge is 0.342 e. The Morgan fingerprint density at radius 3 is 2.19 bits per heavy atom. The molecule has 0 saturated carbocycles. The van der Waals surface area contributed by atoms with Gasteiger partial charge in [-0.05, 0) is 40.2 Å². The Kier molecular flexibility index (Phi) is 5.34. The van der Waals surface area contributed by atoms with Gasteiger partial charge in [0.25, 0.3) is 0 Å². The first-order valence-electron chi connectivity index (χ1n) is 8.13. The number of esters is 2. The largest absolute Gasteiger partial charge is 0.465 e. The van der Waals surface area contributed by atoms with Crippen molar-refractivity contribution in [1.82, 2.24) is 14.8 Å². The number of rotatable bonds is 5. The SMILES string of the molecule is COC(=O)c1c(C)[nH]c(C(=O)[C@@H](C)OC(=O)c2c(C)nn(C)c2C)c1C. The molecule has 2 heterocycles. The molecule has 0 unspecified atom stereocenters. The molecule has 0 radical (unpaired) electrons. The van der Waals surface area contributed by atoms with Gasteiger partial charge in [-0.15, -0.1) is 0 Å². The van der Waals surface area contributed by atoms with E-state index in [0.717, 1.165) is 0 Å². The normalized spacial score (nSPS) is 12.0. The van der Waals surface area contributed by atoms with Gasteiger partial charge in [-0.1, -0.05) is 0 Å². The van der Waals surface area contributed by atoms with Crippen LogP contribution in [0.5, 0.6) is 0 Å². The molecule has 8 nitrogen and oxygen atoms in total. The van der Waals surface area contributed by atoms with Crippen LogP contribution < -0.4 is 0 Å². The minimum Gasteiger partial charge on any atom is -0.465 e. The lowest BCUT2D eigenvalue weighted by molar-refractivity contribution is 0.0315. The highest BCUT2D eigenvalue weighted by molar-refractivity contribution is 6.04. The predicted octanol–water partition coefficient (Wildman–Crippen LogP) is 2.20. The number of methoxy groups -OCH3 is 1. The predicted molar refractivity (Wildman–Crippen MR) is 93.5 cm³/mol. The van der Waals surface area contributed by atoms with Crippen molar-refractivity contribution in [2.45, 2.75) is 40.7 Å². The Labute approximate surface area is 151 Å². The number of ketones is 1. The van der Waals surface area contributed by atoms with Crippen molar-refractivity contribution >= 4 is 17.7 Å². The number of nitrogens with one attached hydrogen (secondary N) is 1. The molecule has 140 valence electrons. The van der Waals surface area contributed by atoms with E-state index in [2.05, 4.69) is 10.1 Å². The summed E-state index contributed by atoms with van der Waals surface area (Å²) in [7, 11) is 3.01. The Hall–Kier alpha value is -2.90. The van der Waals surface area contributed by atoms with Crippen LogP contribution in [0, 0.1) is 27.7 Å². The summed E-state index contributed by atoms with van der Waals surface area (Å²) >= 11 is 0. The first-order valence-corrected chi connectivity index (χ1v) is 8.13. The fourth-order valence-electron chi connectivity index (χ4n) is 2.95. The lowest BCUT2D eigenvalue weighted by Crippen LogP contribution is -2.26. The van der Waals surface area contributed by atoms with Crippen LogP contribution in [0.15, 0.2) is 0 Å². The number of carbonyl (C=O) groups excluding carboxylic acids is 3. The van der Waals surface area contributed by atoms with Crippen LogP contribution >= 0.6 is 0 Å². The van der Waals surface area contributed by atoms with Crippen molar-refractivity contribution in [2.75, 3.05) is 7.11 Å². The Bertz CT molecular complexity index is 891. The topological polar surface area (TPSA) is 103 Å². The molecule has 8 heteroatoms. The molecule has 0 aliphatic heterocycles. The lowest BCUT2D eigenvalue weighted by atomic mass is 10.1. The van der Waals surface area contributed by atoms with Crippen LogP contribution in [0.4, 0.5) is 0 Å². The molecular weight excluding hydrogens is 338 g/mol. The van der Waals surface area contributed by atoms with Gasteiger partial charge in [-0.2, -0.15) is 5.10 Å². The van der Waals surface area contributed by atoms with Gasteiger partial charge in [-0.3, -0.25) is 9.48 Å². The molecule has 0 saturated heterocycles. The molecule has 0 aliphatic carbocycles. The number of aromatic nitrogens is 3. The number of Topliss-reactive ketones (excluding diaryl/α,β-unsaturated/α-hetero) is 1. The van der Waals surface area contributed by atoms with Crippen LogP contribution in [0.1, 0.15) is 60.8 Å². The molecule has 0 aliphatic rings. The van der Waals surface area contributed by atoms with E-state index in [4.69, 9.17) is 9.47 Å². The summed E-state index contributed by atoms with van der Waals surface area (Å²) in [4.78, 5) is 39.9. The van der Waals surface area contributed by atoms with E-state index >= 15 is 0 Å². The highest BCUT2D eigenvalue weighted by Gasteiger charge is 2.29. The molecule has 1 N–H and O–H groups in total. The summed E-state index contributed by atoms with van der Waals surface area (Å²) in [6.07, 6.45) is -1.02. The highest BCUT2D eigenvalue weighted by atomic mass is 16.5. The van der Waals surface area contributed by atoms with Gasteiger partial charge in [-0.25, -0.2) is 9.59 Å². The zero-order valence-corrected chi connectivity index (χ0v) is 16.0. The van der Waals surface area contributed by atoms with Gasteiger partial charge in [0, 0.05) is 18.4 Å². The Balaban J connectivity index is 2.25. The van der Waals surface area contributed by atoms with Gasteiger partial charge in [0.15, 0.2) is 6.10 Å². The van der Waals surface area contributed by atoms with Crippen LogP contribution in [0.2, 0.25) is 0 Å². The van der Waals surface area contributed by atoms with Crippen molar-refractivity contribution in [1.29, 1.82) is 0 Å². The maximum absolute atomic E-state index is 12.7. The number of nitrogens with zero attached hydrogens (tertiary/aromatic N) is 2. The quantitative estimate of drug-likeness (QED) is 0.647. The van der Waals surface area contributed by atoms with Crippen LogP contribution in [0.3, 0.4) is 0 Å². The third-order valence-electron chi connectivity index (χ3n) is 4.44. The van der Waals surface area contributed by atoms with Crippen LogP contribution in [0.25, 0.3) is 0 Å². The highest BCUT2D eigenvalue weighted by Crippen LogP contribution is 2.21. The van der Waals surface area contributed by atoms with Gasteiger partial charge >= 0.3 is 11.9 Å². The van der Waals surface area contributed by atoms with E-state index < -0.39 is 23.8 Å². The van der Waals surface area contributed by atoms with Crippen molar-refractivity contribution in [3.8, 4) is 0 Å². The zero-order chi connectivity index (χ0) is 19.8. The first kappa shape index (κ1) is 19.4. The molecule has 0 aromatic carbocycles. The van der Waals surface area contributed by atoms with E-state index in [9.17, 15) is 14.4 Å². The average Bonchev–Trinajstić information content (AvgIpc) is 3.01. The van der Waals surface area contributed by atoms with Crippen molar-refractivity contribution in [3.63, 3.8) is 0 Å². The number of hydrogen-bond donors (Lipinski definition) is 1. The molecular formula is C18H23N3O5. The van der Waals surface area contributed by atoms with Crippen molar-refractivity contribution < 1.29 is 23.9 Å². The van der Waals surface area contributed by atoms with Crippen molar-refractivity contribution in [3.05, 3.63) is 39.5 Å². The molecule has 1 atom stereocenters. The maximum Gasteiger partial charge on any atom is 0.342 e. The second-order valence-corrected chi connectivity index (χ2v) is 6.20. The number of aryl methyl sites for hydroxylation is 3. The number of ether oxygens (including phenoxy) is 2. The van der Waals surface area contributed by atoms with Gasteiger partial charge in [0.1, 0.15) is 5.56 Å². The molecule has 0 bridgehead atoms. The summed E-state index contributed by atoms with van der Waals surface area (Å²) in [5.74, 6) is -1.56. The standard InChI is InChI=1S/C18H23N3O5/c1-8-13(17(23)25-7)9(2)19-15(8)16(22)12(5)26-18(24)14-10(3)20-21(6)11(14)4/h12,19H,1-7H3/t12-/m1/s1. The molecule has 26 heavy (non-hydrogen) atoms. The summed E-state index contributed by atoms with van der Waals surface area (Å²) in [6, 6.07) is 0. The minimum absolute atomic E-state index is 0.225. The van der Waals surface area contributed by atoms with Gasteiger partial charge in [0.2, 0.25) is 5.78 Å². The lowest BCUT2D eigenvalue weighted by Gasteiger charge is -2.12. The monoisotopic (exact) mass is 361 g/mol. The fraction of sp³-hybridized carbons (Fsp3) is 0.444. The summed E-state index contributed by atoms with van der Waals surface area (Å²) in [5.41, 5.74) is 3.07. The van der Waals surface area contributed by atoms with Crippen LogP contribution in [-0.4, -0.2) is 45.7 Å². The van der Waals surface area contributed by atoms with E-state index in [0.29, 0.717) is 33.8 Å². The molecule has 0 amide bonds. The first-order chi connectivity index (χ1) is 12.1. The molecule has 0 fully saturated rings. The van der Waals surface area contributed by atoms with Gasteiger partial charge in [0.05, 0.1) is 24.1 Å². The maximum atomic E-state index is 12.7. The average molecular weight is 361 g/mol. The number of carbonyl (C=O) groups is 3. The van der Waals surface area contributed by atoms with E-state index in [1.807, 2.05) is 0 Å². The number of H-pyrrole nitrogens is 1. The van der Waals surface area contributed by atoms with Gasteiger partial charge < -0.3 is 14.5 Å². The summed E-state index contributed by atoms with van der Waals surface area (Å²) < 4.78 is 11.7. The summed E-state index contributed by atoms with van der Waals surface area (Å²) in [5, 5.41) is 4.17. The molecule has 2 aromatic heterocycles. The Morgan fingerprint density at radius 1 is 1.08 bits per heavy atom. The third-order valence-corrected chi connectivity index (χ3v) is 4.44.